The smallest absolute Gasteiger partial charge is 0.0990 e. The lowest BCUT2D eigenvalue weighted by Crippen LogP contribution is -1.97. The quantitative estimate of drug-likeness (QED) is 0.675. The van der Waals surface area contributed by atoms with Crippen LogP contribution in [0.2, 0.25) is 0 Å². The van der Waals surface area contributed by atoms with E-state index in [1.54, 1.807) is 0 Å². The maximum Gasteiger partial charge on any atom is 0.0990 e. The molecule has 3 aromatic heterocycles. The van der Waals surface area contributed by atoms with Crippen LogP contribution in [0.1, 0.15) is 49.9 Å². The van der Waals surface area contributed by atoms with Gasteiger partial charge < -0.3 is 4.57 Å². The van der Waals surface area contributed by atoms with Gasteiger partial charge in [0.05, 0.1) is 22.9 Å². The molecule has 3 nitrogen and oxygen atoms in total. The fraction of sp³-hybridized carbons (Fsp3) is 0.400. The van der Waals surface area contributed by atoms with Gasteiger partial charge in [0.25, 0.3) is 0 Å². The summed E-state index contributed by atoms with van der Waals surface area (Å²) >= 11 is 0. The van der Waals surface area contributed by atoms with Gasteiger partial charge in [0, 0.05) is 24.0 Å². The third-order valence-corrected chi connectivity index (χ3v) is 4.26. The molecular weight excluding hydrogens is 282 g/mol. The maximum atomic E-state index is 4.93. The molecule has 0 amide bonds. The standard InChI is InChI=1S/C20H24N3/c1-6-9-23-12-15(5)20-18(23)10-14(4)19(22-20)16-7-8-17(13(2)3)21-11-16/h7-8,10,12-13H,6,9H2,1-5H3. The van der Waals surface area contributed by atoms with Crippen molar-refractivity contribution in [1.82, 2.24) is 14.5 Å². The Hall–Kier alpha value is -2.16. The summed E-state index contributed by atoms with van der Waals surface area (Å²) in [7, 11) is 0. The van der Waals surface area contributed by atoms with E-state index in [0.29, 0.717) is 5.92 Å². The average molecular weight is 306 g/mol. The zero-order valence-electron chi connectivity index (χ0n) is 14.6. The molecule has 0 spiro atoms. The van der Waals surface area contributed by atoms with Crippen molar-refractivity contribution in [1.29, 1.82) is 0 Å². The summed E-state index contributed by atoms with van der Waals surface area (Å²) in [5.74, 6) is 0.419. The van der Waals surface area contributed by atoms with Crippen molar-refractivity contribution >= 4 is 11.0 Å². The van der Waals surface area contributed by atoms with E-state index in [-0.39, 0.29) is 0 Å². The Kier molecular flexibility index (Phi) is 4.20. The molecule has 0 aliphatic carbocycles. The van der Waals surface area contributed by atoms with Gasteiger partial charge in [-0.05, 0) is 55.5 Å². The Morgan fingerprint density at radius 1 is 1.17 bits per heavy atom. The predicted octanol–water partition coefficient (Wildman–Crippen LogP) is 5.05. The van der Waals surface area contributed by atoms with Crippen LogP contribution in [0.5, 0.6) is 0 Å². The minimum absolute atomic E-state index is 0.419. The first-order valence-electron chi connectivity index (χ1n) is 8.37. The lowest BCUT2D eigenvalue weighted by atomic mass is 10.0. The highest BCUT2D eigenvalue weighted by Crippen LogP contribution is 2.28. The van der Waals surface area contributed by atoms with Crippen molar-refractivity contribution in [3.05, 3.63) is 47.4 Å². The Labute approximate surface area is 138 Å². The molecule has 0 unspecified atom stereocenters. The summed E-state index contributed by atoms with van der Waals surface area (Å²) in [5, 5.41) is 0. The van der Waals surface area contributed by atoms with Gasteiger partial charge in [0.15, 0.2) is 0 Å². The first-order valence-corrected chi connectivity index (χ1v) is 8.37. The lowest BCUT2D eigenvalue weighted by molar-refractivity contribution is 0.702. The van der Waals surface area contributed by atoms with Crippen LogP contribution >= 0.6 is 0 Å². The van der Waals surface area contributed by atoms with Crippen LogP contribution in [0.3, 0.4) is 0 Å². The molecule has 0 N–H and O–H groups in total. The highest BCUT2D eigenvalue weighted by Gasteiger charge is 2.12. The molecule has 0 aliphatic heterocycles. The summed E-state index contributed by atoms with van der Waals surface area (Å²) in [6, 6.07) is 6.41. The molecule has 0 fully saturated rings. The second-order valence-corrected chi connectivity index (χ2v) is 6.58. The number of fused-ring (bicyclic) bond motifs is 1. The van der Waals surface area contributed by atoms with Crippen molar-refractivity contribution in [2.75, 3.05) is 0 Å². The number of hydrogen-bond donors (Lipinski definition) is 0. The summed E-state index contributed by atoms with van der Waals surface area (Å²) in [6.45, 7) is 11.8. The Bertz CT molecular complexity index is 826. The van der Waals surface area contributed by atoms with E-state index in [4.69, 9.17) is 4.98 Å². The first-order chi connectivity index (χ1) is 11.0. The van der Waals surface area contributed by atoms with Gasteiger partial charge in [0.1, 0.15) is 0 Å². The minimum atomic E-state index is 0.419. The summed E-state index contributed by atoms with van der Waals surface area (Å²) < 4.78 is 2.30. The SMILES string of the molecule is CCCn1cc(C)c2nc(-c3[c]nc(C(C)C)cc3)c(C)cc21. The van der Waals surface area contributed by atoms with E-state index in [2.05, 4.69) is 74.8 Å². The van der Waals surface area contributed by atoms with Crippen LogP contribution in [0.25, 0.3) is 22.3 Å². The third-order valence-electron chi connectivity index (χ3n) is 4.26. The van der Waals surface area contributed by atoms with Gasteiger partial charge in [0.2, 0.25) is 0 Å². The first kappa shape index (κ1) is 15.7. The van der Waals surface area contributed by atoms with Crippen LogP contribution in [0.4, 0.5) is 0 Å². The molecule has 0 saturated carbocycles. The van der Waals surface area contributed by atoms with Crippen LogP contribution in [-0.4, -0.2) is 14.5 Å². The predicted molar refractivity (Wildman–Crippen MR) is 95.7 cm³/mol. The molecule has 3 aromatic rings. The summed E-state index contributed by atoms with van der Waals surface area (Å²) in [4.78, 5) is 9.39. The van der Waals surface area contributed by atoms with Crippen molar-refractivity contribution < 1.29 is 0 Å². The maximum absolute atomic E-state index is 4.93. The summed E-state index contributed by atoms with van der Waals surface area (Å²) in [5.41, 5.74) is 7.72. The molecule has 119 valence electrons. The van der Waals surface area contributed by atoms with Gasteiger partial charge in [-0.3, -0.25) is 4.98 Å². The molecule has 0 saturated heterocycles. The molecule has 0 aromatic carbocycles. The van der Waals surface area contributed by atoms with Crippen molar-refractivity contribution in [2.24, 2.45) is 0 Å². The number of aromatic nitrogens is 3. The van der Waals surface area contributed by atoms with E-state index >= 15 is 0 Å². The molecule has 3 rings (SSSR count). The second kappa shape index (κ2) is 6.15. The molecule has 0 bridgehead atoms. The molecule has 0 aliphatic rings. The second-order valence-electron chi connectivity index (χ2n) is 6.58. The van der Waals surface area contributed by atoms with Crippen molar-refractivity contribution in [2.45, 2.75) is 53.5 Å². The van der Waals surface area contributed by atoms with E-state index in [9.17, 15) is 0 Å². The van der Waals surface area contributed by atoms with E-state index in [0.717, 1.165) is 35.4 Å². The van der Waals surface area contributed by atoms with Gasteiger partial charge in [-0.15, -0.1) is 0 Å². The molecule has 0 atom stereocenters. The van der Waals surface area contributed by atoms with Crippen LogP contribution in [0, 0.1) is 20.0 Å². The fourth-order valence-electron chi connectivity index (χ4n) is 2.99. The number of hydrogen-bond acceptors (Lipinski definition) is 2. The number of aryl methyl sites for hydroxylation is 3. The van der Waals surface area contributed by atoms with E-state index in [1.807, 2.05) is 0 Å². The molecular formula is C20H24N3. The molecule has 3 heteroatoms. The van der Waals surface area contributed by atoms with Crippen molar-refractivity contribution in [3.63, 3.8) is 0 Å². The summed E-state index contributed by atoms with van der Waals surface area (Å²) in [6.07, 6.45) is 6.50. The average Bonchev–Trinajstić information content (AvgIpc) is 2.82. The Morgan fingerprint density at radius 2 is 1.96 bits per heavy atom. The molecule has 23 heavy (non-hydrogen) atoms. The Morgan fingerprint density at radius 3 is 2.57 bits per heavy atom. The zero-order valence-corrected chi connectivity index (χ0v) is 14.6. The number of pyridine rings is 2. The van der Waals surface area contributed by atoms with Gasteiger partial charge in [-0.25, -0.2) is 4.98 Å². The monoisotopic (exact) mass is 306 g/mol. The Balaban J connectivity index is 2.11. The van der Waals surface area contributed by atoms with Crippen LogP contribution in [-0.2, 0) is 6.54 Å². The van der Waals surface area contributed by atoms with Crippen molar-refractivity contribution in [3.8, 4) is 11.3 Å². The molecule has 3 heterocycles. The van der Waals surface area contributed by atoms with E-state index < -0.39 is 0 Å². The van der Waals surface area contributed by atoms with Crippen LogP contribution < -0.4 is 0 Å². The highest BCUT2D eigenvalue weighted by molar-refractivity contribution is 5.84. The zero-order chi connectivity index (χ0) is 16.6. The van der Waals surface area contributed by atoms with E-state index in [1.165, 1.54) is 16.6 Å². The number of rotatable bonds is 4. The molecule has 1 radical (unpaired) electrons. The largest absolute Gasteiger partial charge is 0.346 e. The fourth-order valence-corrected chi connectivity index (χ4v) is 2.99. The number of nitrogens with zero attached hydrogens (tertiary/aromatic N) is 3. The normalized spacial score (nSPS) is 11.6. The highest BCUT2D eigenvalue weighted by atomic mass is 15.0. The topological polar surface area (TPSA) is 30.7 Å². The van der Waals surface area contributed by atoms with Gasteiger partial charge >= 0.3 is 0 Å². The van der Waals surface area contributed by atoms with Crippen LogP contribution in [0.15, 0.2) is 24.4 Å². The van der Waals surface area contributed by atoms with Gasteiger partial charge in [-0.1, -0.05) is 20.8 Å². The lowest BCUT2D eigenvalue weighted by Gasteiger charge is -2.09. The minimum Gasteiger partial charge on any atom is -0.346 e. The third kappa shape index (κ3) is 2.88. The van der Waals surface area contributed by atoms with Gasteiger partial charge in [-0.2, -0.15) is 0 Å².